The minimum atomic E-state index is -4.67. The number of piperidine rings is 1. The third-order valence-electron chi connectivity index (χ3n) is 11.4. The van der Waals surface area contributed by atoms with Gasteiger partial charge >= 0.3 is 6.18 Å². The normalized spacial score (nSPS) is 23.9. The average molecular weight is 729 g/mol. The van der Waals surface area contributed by atoms with Crippen LogP contribution in [0.25, 0.3) is 22.0 Å². The first-order valence-electron chi connectivity index (χ1n) is 18.4. The van der Waals surface area contributed by atoms with E-state index in [0.29, 0.717) is 60.8 Å². The second-order valence-corrected chi connectivity index (χ2v) is 15.4. The zero-order valence-corrected chi connectivity index (χ0v) is 30.4. The summed E-state index contributed by atoms with van der Waals surface area (Å²) in [6.45, 7) is 6.70. The lowest BCUT2D eigenvalue weighted by Crippen LogP contribution is -2.45. The number of halogens is 3. The van der Waals surface area contributed by atoms with E-state index in [1.807, 2.05) is 12.1 Å². The van der Waals surface area contributed by atoms with E-state index in [9.17, 15) is 32.3 Å². The number of rotatable bonds is 5. The van der Waals surface area contributed by atoms with Crippen LogP contribution in [0.3, 0.4) is 0 Å². The Labute approximate surface area is 305 Å². The maximum absolute atomic E-state index is 14.5. The van der Waals surface area contributed by atoms with E-state index in [0.717, 1.165) is 42.0 Å². The zero-order valence-electron chi connectivity index (χ0n) is 30.4. The SMILES string of the molecule is CC(=O)c1nn2c3c(cc(-c4cnc(C)nc4)cc13)CCCC[C@@H](C)CC(=O)CC[C@@]13C[C@@H](C(=O)Cc4nc(C(F)(F)F)ccc4C)N(C(=O)C2)[C@@H]1C3. The summed E-state index contributed by atoms with van der Waals surface area (Å²) in [5, 5.41) is 5.31. The molecule has 0 spiro atoms. The summed E-state index contributed by atoms with van der Waals surface area (Å²) < 4.78 is 42.2. The first-order valence-corrected chi connectivity index (χ1v) is 18.4. The number of Topliss-reactive ketones (excluding diaryl/α,β-unsaturated/α-hetero) is 3. The fourth-order valence-electron chi connectivity index (χ4n) is 8.49. The van der Waals surface area contributed by atoms with Crippen LogP contribution >= 0.6 is 0 Å². The Balaban J connectivity index is 1.29. The van der Waals surface area contributed by atoms with Gasteiger partial charge in [0.25, 0.3) is 0 Å². The van der Waals surface area contributed by atoms with Gasteiger partial charge in [0.2, 0.25) is 5.91 Å². The van der Waals surface area contributed by atoms with Gasteiger partial charge in [0.15, 0.2) is 11.6 Å². The van der Waals surface area contributed by atoms with Crippen LogP contribution in [0.4, 0.5) is 13.2 Å². The highest BCUT2D eigenvalue weighted by Gasteiger charge is 2.66. The molecule has 1 aromatic carbocycles. The van der Waals surface area contributed by atoms with Crippen molar-refractivity contribution in [3.63, 3.8) is 0 Å². The molecule has 1 aliphatic carbocycles. The van der Waals surface area contributed by atoms with Crippen molar-refractivity contribution in [3.8, 4) is 11.1 Å². The van der Waals surface area contributed by atoms with Crippen LogP contribution in [-0.4, -0.2) is 65.0 Å². The summed E-state index contributed by atoms with van der Waals surface area (Å²) in [5.41, 5.74) is 2.36. The average Bonchev–Trinajstić information content (AvgIpc) is 3.51. The molecule has 0 radical (unpaired) electrons. The Morgan fingerprint density at radius 1 is 1.00 bits per heavy atom. The molecule has 7 rings (SSSR count). The fraction of sp³-hybridized carbons (Fsp3) is 0.500. The summed E-state index contributed by atoms with van der Waals surface area (Å²) in [6.07, 6.45) is 3.94. The minimum absolute atomic E-state index is 0.0223. The third-order valence-corrected chi connectivity index (χ3v) is 11.4. The molecule has 2 aliphatic heterocycles. The number of aromatic nitrogens is 5. The predicted octanol–water partition coefficient (Wildman–Crippen LogP) is 7.00. The molecule has 1 amide bonds. The number of aryl methyl sites for hydroxylation is 3. The smallest absolute Gasteiger partial charge is 0.327 e. The molecule has 10 nitrogen and oxygen atoms in total. The fourth-order valence-corrected chi connectivity index (χ4v) is 8.49. The summed E-state index contributed by atoms with van der Waals surface area (Å²) in [4.78, 5) is 68.9. The molecule has 2 bridgehead atoms. The molecule has 5 heterocycles. The highest BCUT2D eigenvalue weighted by atomic mass is 19.4. The van der Waals surface area contributed by atoms with Crippen molar-refractivity contribution in [2.45, 2.75) is 117 Å². The summed E-state index contributed by atoms with van der Waals surface area (Å²) in [5.74, 6) is -0.0473. The molecule has 3 aliphatic rings. The number of nitrogens with zero attached hydrogens (tertiary/aromatic N) is 6. The van der Waals surface area contributed by atoms with Crippen molar-refractivity contribution in [2.75, 3.05) is 0 Å². The van der Waals surface area contributed by atoms with Gasteiger partial charge in [-0.1, -0.05) is 25.8 Å². The van der Waals surface area contributed by atoms with Crippen molar-refractivity contribution in [3.05, 3.63) is 70.7 Å². The van der Waals surface area contributed by atoms with E-state index in [1.54, 1.807) is 35.8 Å². The molecule has 3 aromatic heterocycles. The van der Waals surface area contributed by atoms with Gasteiger partial charge in [0.05, 0.1) is 23.7 Å². The van der Waals surface area contributed by atoms with E-state index in [1.165, 1.54) is 13.0 Å². The van der Waals surface area contributed by atoms with Crippen LogP contribution in [0.2, 0.25) is 0 Å². The number of carbonyl (C=O) groups is 4. The van der Waals surface area contributed by atoms with Gasteiger partial charge < -0.3 is 4.90 Å². The molecule has 13 heteroatoms. The summed E-state index contributed by atoms with van der Waals surface area (Å²) in [6, 6.07) is 4.93. The monoisotopic (exact) mass is 728 g/mol. The van der Waals surface area contributed by atoms with Crippen LogP contribution in [0.15, 0.2) is 36.7 Å². The van der Waals surface area contributed by atoms with Crippen molar-refractivity contribution in [2.24, 2.45) is 11.3 Å². The minimum Gasteiger partial charge on any atom is -0.327 e. The summed E-state index contributed by atoms with van der Waals surface area (Å²) >= 11 is 0. The standard InChI is InChI=1S/C40H43F3N6O4/c1-22-7-5-6-8-26-14-27(28-19-44-25(4)45-20-28)15-30-37(24(3)50)47-48(38(26)30)21-36(53)49-32(17-39(18-35(39)49)12-11-29(51)13-22)33(52)16-31-23(2)9-10-34(46-31)40(41,42)43/h9-10,14-15,19-20,22,32,35H,5-8,11-13,16-18,21H2,1-4H3/t22-,32+,35-,39+/m1/s1. The highest BCUT2D eigenvalue weighted by molar-refractivity contribution is 6.07. The van der Waals surface area contributed by atoms with Crippen molar-refractivity contribution >= 4 is 34.2 Å². The quantitative estimate of drug-likeness (QED) is 0.201. The molecule has 1 saturated carbocycles. The van der Waals surface area contributed by atoms with Gasteiger partial charge in [0.1, 0.15) is 29.5 Å². The van der Waals surface area contributed by atoms with E-state index in [2.05, 4.69) is 21.9 Å². The molecule has 53 heavy (non-hydrogen) atoms. The number of pyridine rings is 1. The van der Waals surface area contributed by atoms with Crippen LogP contribution in [0.1, 0.15) is 104 Å². The number of hydrogen-bond acceptors (Lipinski definition) is 8. The number of ketones is 3. The molecule has 4 aromatic rings. The second kappa shape index (κ2) is 13.9. The maximum atomic E-state index is 14.5. The Morgan fingerprint density at radius 3 is 2.47 bits per heavy atom. The number of alkyl halides is 3. The number of amides is 1. The molecule has 2 fully saturated rings. The predicted molar refractivity (Wildman–Crippen MR) is 190 cm³/mol. The van der Waals surface area contributed by atoms with Crippen molar-refractivity contribution in [1.29, 1.82) is 0 Å². The first-order chi connectivity index (χ1) is 25.1. The van der Waals surface area contributed by atoms with Gasteiger partial charge in [-0.3, -0.25) is 23.9 Å². The van der Waals surface area contributed by atoms with Crippen LogP contribution in [0.5, 0.6) is 0 Å². The van der Waals surface area contributed by atoms with Gasteiger partial charge in [-0.2, -0.15) is 18.3 Å². The lowest BCUT2D eigenvalue weighted by molar-refractivity contribution is -0.141. The first kappa shape index (κ1) is 36.5. The highest BCUT2D eigenvalue weighted by Crippen LogP contribution is 2.62. The van der Waals surface area contributed by atoms with Crippen molar-refractivity contribution < 1.29 is 32.3 Å². The Bertz CT molecular complexity index is 2130. The zero-order chi connectivity index (χ0) is 37.8. The van der Waals surface area contributed by atoms with Gasteiger partial charge in [0, 0.05) is 49.2 Å². The lowest BCUT2D eigenvalue weighted by atomic mass is 9.88. The molecule has 1 saturated heterocycles. The maximum Gasteiger partial charge on any atom is 0.433 e. The molecule has 0 unspecified atom stereocenters. The van der Waals surface area contributed by atoms with Crippen LogP contribution in [-0.2, 0) is 39.9 Å². The molecular weight excluding hydrogens is 685 g/mol. The van der Waals surface area contributed by atoms with E-state index in [-0.39, 0.29) is 53.8 Å². The van der Waals surface area contributed by atoms with E-state index in [4.69, 9.17) is 5.10 Å². The van der Waals surface area contributed by atoms with Gasteiger partial charge in [-0.25, -0.2) is 15.0 Å². The number of carbonyl (C=O) groups excluding carboxylic acids is 4. The van der Waals surface area contributed by atoms with E-state index < -0.39 is 29.1 Å². The molecule has 0 N–H and O–H groups in total. The van der Waals surface area contributed by atoms with Gasteiger partial charge in [-0.05, 0) is 92.2 Å². The largest absolute Gasteiger partial charge is 0.433 e. The second-order valence-electron chi connectivity index (χ2n) is 15.4. The third kappa shape index (κ3) is 7.26. The van der Waals surface area contributed by atoms with Crippen LogP contribution in [0, 0.1) is 25.2 Å². The molecule has 4 atom stereocenters. The van der Waals surface area contributed by atoms with E-state index >= 15 is 0 Å². The Kier molecular flexibility index (Phi) is 9.57. The number of hydrogen-bond donors (Lipinski definition) is 0. The molecule has 278 valence electrons. The van der Waals surface area contributed by atoms with Crippen molar-refractivity contribution in [1.82, 2.24) is 29.6 Å². The van der Waals surface area contributed by atoms with Gasteiger partial charge in [-0.15, -0.1) is 0 Å². The Hall–Kier alpha value is -4.81. The van der Waals surface area contributed by atoms with Crippen LogP contribution < -0.4 is 0 Å². The summed E-state index contributed by atoms with van der Waals surface area (Å²) in [7, 11) is 0. The lowest BCUT2D eigenvalue weighted by Gasteiger charge is -2.27. The topological polar surface area (TPSA) is 128 Å². The molecular formula is C40H43F3N6O4. The number of benzene rings is 1. The Morgan fingerprint density at radius 2 is 1.75 bits per heavy atom.